The van der Waals surface area contributed by atoms with Crippen LogP contribution >= 0.6 is 0 Å². The van der Waals surface area contributed by atoms with Gasteiger partial charge in [0.05, 0.1) is 0 Å². The van der Waals surface area contributed by atoms with E-state index < -0.39 is 21.6 Å². The van der Waals surface area contributed by atoms with Crippen LogP contribution in [0.4, 0.5) is 13.2 Å². The standard InChI is InChI=1S/C6H12F2N2O3S/c1-3-4-5-10(14(8,12)13)6(11)9(2)7/h3-5H2,1-2H3. The Labute approximate surface area is 81.6 Å². The Morgan fingerprint density at radius 1 is 1.43 bits per heavy atom. The maximum Gasteiger partial charge on any atom is 0.403 e. The van der Waals surface area contributed by atoms with E-state index >= 15 is 0 Å². The van der Waals surface area contributed by atoms with E-state index in [2.05, 4.69) is 0 Å². The highest BCUT2D eigenvalue weighted by Gasteiger charge is 2.29. The topological polar surface area (TPSA) is 57.7 Å². The summed E-state index contributed by atoms with van der Waals surface area (Å²) < 4.78 is 45.5. The number of nitrogens with zero attached hydrogens (tertiary/aromatic N) is 2. The molecule has 0 fully saturated rings. The molecule has 0 spiro atoms. The second-order valence-electron chi connectivity index (χ2n) is 2.63. The van der Waals surface area contributed by atoms with E-state index in [0.29, 0.717) is 13.5 Å². The molecular weight excluding hydrogens is 218 g/mol. The van der Waals surface area contributed by atoms with Crippen LogP contribution in [-0.2, 0) is 10.4 Å². The summed E-state index contributed by atoms with van der Waals surface area (Å²) in [5.74, 6) is 0. The third kappa shape index (κ3) is 3.86. The molecule has 0 saturated heterocycles. The van der Waals surface area contributed by atoms with Gasteiger partial charge in [-0.1, -0.05) is 21.7 Å². The monoisotopic (exact) mass is 230 g/mol. The lowest BCUT2D eigenvalue weighted by molar-refractivity contribution is 0.0788. The predicted molar refractivity (Wildman–Crippen MR) is 45.9 cm³/mol. The molecule has 0 heterocycles. The van der Waals surface area contributed by atoms with Gasteiger partial charge in [0, 0.05) is 13.6 Å². The van der Waals surface area contributed by atoms with E-state index in [0.717, 1.165) is 0 Å². The van der Waals surface area contributed by atoms with E-state index in [9.17, 15) is 21.6 Å². The van der Waals surface area contributed by atoms with Crippen LogP contribution in [0.15, 0.2) is 0 Å². The molecule has 0 aliphatic carbocycles. The highest BCUT2D eigenvalue weighted by molar-refractivity contribution is 7.84. The maximum atomic E-state index is 12.5. The van der Waals surface area contributed by atoms with Gasteiger partial charge in [0.2, 0.25) is 0 Å². The highest BCUT2D eigenvalue weighted by Crippen LogP contribution is 2.08. The predicted octanol–water partition coefficient (Wildman–Crippen LogP) is 1.24. The molecule has 0 bridgehead atoms. The van der Waals surface area contributed by atoms with Crippen molar-refractivity contribution < 1.29 is 21.6 Å². The van der Waals surface area contributed by atoms with Crippen LogP contribution in [0.25, 0.3) is 0 Å². The van der Waals surface area contributed by atoms with Crippen molar-refractivity contribution in [2.45, 2.75) is 19.8 Å². The SMILES string of the molecule is CCCCN(C(=O)N(C)F)S(=O)(=O)F. The average Bonchev–Trinajstić information content (AvgIpc) is 2.02. The molecule has 14 heavy (non-hydrogen) atoms. The first-order chi connectivity index (χ1) is 6.30. The zero-order valence-electron chi connectivity index (χ0n) is 7.90. The Morgan fingerprint density at radius 2 is 1.93 bits per heavy atom. The Hall–Kier alpha value is -0.920. The maximum absolute atomic E-state index is 12.5. The number of hydrogen-bond acceptors (Lipinski definition) is 3. The second kappa shape index (κ2) is 5.08. The number of hydrogen-bond donors (Lipinski definition) is 0. The Balaban J connectivity index is 4.66. The van der Waals surface area contributed by atoms with Gasteiger partial charge in [0.1, 0.15) is 0 Å². The zero-order chi connectivity index (χ0) is 11.4. The molecule has 2 amide bonds. The minimum Gasteiger partial charge on any atom is -0.245 e. The van der Waals surface area contributed by atoms with Gasteiger partial charge in [0.15, 0.2) is 0 Å². The molecule has 84 valence electrons. The smallest absolute Gasteiger partial charge is 0.245 e. The summed E-state index contributed by atoms with van der Waals surface area (Å²) in [7, 11) is -4.48. The second-order valence-corrected chi connectivity index (χ2v) is 3.89. The molecule has 0 saturated carbocycles. The molecule has 0 aliphatic rings. The van der Waals surface area contributed by atoms with Crippen molar-refractivity contribution in [3.05, 3.63) is 0 Å². The average molecular weight is 230 g/mol. The van der Waals surface area contributed by atoms with Crippen LogP contribution in [0.1, 0.15) is 19.8 Å². The van der Waals surface area contributed by atoms with Crippen LogP contribution in [0, 0.1) is 0 Å². The third-order valence-corrected chi connectivity index (χ3v) is 2.32. The first kappa shape index (κ1) is 13.1. The number of amides is 2. The quantitative estimate of drug-likeness (QED) is 0.539. The van der Waals surface area contributed by atoms with Crippen molar-refractivity contribution in [2.75, 3.05) is 13.6 Å². The van der Waals surface area contributed by atoms with Crippen LogP contribution in [0.5, 0.6) is 0 Å². The lowest BCUT2D eigenvalue weighted by Crippen LogP contribution is -2.40. The number of unbranched alkanes of at least 4 members (excludes halogenated alkanes) is 1. The van der Waals surface area contributed by atoms with Gasteiger partial charge in [-0.25, -0.2) is 4.79 Å². The van der Waals surface area contributed by atoms with Gasteiger partial charge in [-0.2, -0.15) is 17.8 Å². The molecule has 8 heteroatoms. The first-order valence-electron chi connectivity index (χ1n) is 3.96. The van der Waals surface area contributed by atoms with Gasteiger partial charge < -0.3 is 0 Å². The molecule has 0 aromatic carbocycles. The Bertz CT molecular complexity index is 291. The summed E-state index contributed by atoms with van der Waals surface area (Å²) >= 11 is 0. The van der Waals surface area contributed by atoms with Crippen molar-refractivity contribution in [1.29, 1.82) is 0 Å². The molecular formula is C6H12F2N2O3S. The molecule has 0 aromatic rings. The van der Waals surface area contributed by atoms with Gasteiger partial charge >= 0.3 is 16.4 Å². The highest BCUT2D eigenvalue weighted by atomic mass is 32.3. The number of carbonyl (C=O) groups is 1. The summed E-state index contributed by atoms with van der Waals surface area (Å²) in [5.41, 5.74) is 0. The van der Waals surface area contributed by atoms with Gasteiger partial charge in [0.25, 0.3) is 0 Å². The number of halogens is 2. The van der Waals surface area contributed by atoms with Crippen LogP contribution < -0.4 is 0 Å². The molecule has 0 aliphatic heterocycles. The van der Waals surface area contributed by atoms with E-state index in [1.54, 1.807) is 6.92 Å². The molecule has 0 atom stereocenters. The minimum atomic E-state index is -5.18. The van der Waals surface area contributed by atoms with Crippen LogP contribution in [0.2, 0.25) is 0 Å². The van der Waals surface area contributed by atoms with E-state index in [4.69, 9.17) is 0 Å². The molecule has 0 radical (unpaired) electrons. The van der Waals surface area contributed by atoms with Crippen molar-refractivity contribution in [3.63, 3.8) is 0 Å². The Morgan fingerprint density at radius 3 is 2.21 bits per heavy atom. The van der Waals surface area contributed by atoms with Crippen LogP contribution in [-0.4, -0.2) is 37.5 Å². The zero-order valence-corrected chi connectivity index (χ0v) is 8.72. The first-order valence-corrected chi connectivity index (χ1v) is 5.30. The van der Waals surface area contributed by atoms with Crippen molar-refractivity contribution >= 4 is 16.4 Å². The number of rotatable bonds is 4. The summed E-state index contributed by atoms with van der Waals surface area (Å²) in [6.45, 7) is 1.37. The molecule has 5 nitrogen and oxygen atoms in total. The van der Waals surface area contributed by atoms with Crippen LogP contribution in [0.3, 0.4) is 0 Å². The number of urea groups is 1. The lowest BCUT2D eigenvalue weighted by Gasteiger charge is -2.18. The molecule has 0 aromatic heterocycles. The van der Waals surface area contributed by atoms with Gasteiger partial charge in [-0.15, -0.1) is 0 Å². The normalized spacial score (nSPS) is 11.1. The summed E-state index contributed by atoms with van der Waals surface area (Å²) in [6.07, 6.45) is 0.845. The minimum absolute atomic E-state index is 0.142. The van der Waals surface area contributed by atoms with Gasteiger partial charge in [-0.05, 0) is 6.42 Å². The fraction of sp³-hybridized carbons (Fsp3) is 0.833. The summed E-state index contributed by atoms with van der Waals surface area (Å²) in [6, 6.07) is -1.53. The molecule has 0 rings (SSSR count). The summed E-state index contributed by atoms with van der Waals surface area (Å²) in [4.78, 5) is 10.9. The fourth-order valence-corrected chi connectivity index (χ4v) is 1.40. The fourth-order valence-electron chi connectivity index (χ4n) is 0.753. The largest absolute Gasteiger partial charge is 0.403 e. The number of carbonyl (C=O) groups excluding carboxylic acids is 1. The van der Waals surface area contributed by atoms with E-state index in [1.807, 2.05) is 0 Å². The van der Waals surface area contributed by atoms with E-state index in [1.165, 1.54) is 0 Å². The lowest BCUT2D eigenvalue weighted by atomic mass is 10.3. The Kier molecular flexibility index (Phi) is 4.75. The van der Waals surface area contributed by atoms with Gasteiger partial charge in [-0.3, -0.25) is 0 Å². The third-order valence-electron chi connectivity index (χ3n) is 1.45. The molecule has 0 N–H and O–H groups in total. The summed E-state index contributed by atoms with van der Waals surface area (Å²) in [5, 5.41) is -0.479. The van der Waals surface area contributed by atoms with Crippen molar-refractivity contribution in [3.8, 4) is 0 Å². The van der Waals surface area contributed by atoms with Crippen molar-refractivity contribution in [2.24, 2.45) is 0 Å². The van der Waals surface area contributed by atoms with E-state index in [-0.39, 0.29) is 17.3 Å². The van der Waals surface area contributed by atoms with Crippen molar-refractivity contribution in [1.82, 2.24) is 9.43 Å². The molecule has 0 unspecified atom stereocenters.